The highest BCUT2D eigenvalue weighted by Crippen LogP contribution is 2.00. The minimum Gasteiger partial charge on any atom is -0.310 e. The predicted molar refractivity (Wildman–Crippen MR) is 73.5 cm³/mol. The molecule has 0 spiro atoms. The van der Waals surface area contributed by atoms with E-state index in [0.29, 0.717) is 6.04 Å². The van der Waals surface area contributed by atoms with Gasteiger partial charge >= 0.3 is 0 Å². The lowest BCUT2D eigenvalue weighted by atomic mass is 10.2. The Kier molecular flexibility index (Phi) is 8.84. The van der Waals surface area contributed by atoms with Crippen molar-refractivity contribution in [3.63, 3.8) is 0 Å². The maximum absolute atomic E-state index is 4.23. The molecule has 0 aliphatic carbocycles. The second-order valence-corrected chi connectivity index (χ2v) is 4.61. The van der Waals surface area contributed by atoms with Crippen molar-refractivity contribution in [2.45, 2.75) is 32.9 Å². The van der Waals surface area contributed by atoms with Crippen LogP contribution in [-0.4, -0.2) is 36.1 Å². The molecule has 1 heterocycles. The Bertz CT molecular complexity index is 254. The van der Waals surface area contributed by atoms with Gasteiger partial charge in [0.1, 0.15) is 0 Å². The molecule has 1 rings (SSSR count). The van der Waals surface area contributed by atoms with Crippen molar-refractivity contribution in [3.05, 3.63) is 16.6 Å². The van der Waals surface area contributed by atoms with E-state index in [4.69, 9.17) is 0 Å². The third kappa shape index (κ3) is 5.80. The van der Waals surface area contributed by atoms with Crippen molar-refractivity contribution in [1.82, 2.24) is 15.2 Å². The third-order valence-corrected chi connectivity index (χ3v) is 3.41. The number of nitrogens with one attached hydrogen (secondary N) is 1. The van der Waals surface area contributed by atoms with Crippen LogP contribution in [0, 0.1) is 0 Å². The summed E-state index contributed by atoms with van der Waals surface area (Å²) in [4.78, 5) is 6.61. The molecular weight excluding hydrogens is 242 g/mol. The van der Waals surface area contributed by atoms with Gasteiger partial charge in [0.05, 0.1) is 11.2 Å². The lowest BCUT2D eigenvalue weighted by Gasteiger charge is -2.23. The fourth-order valence-corrected chi connectivity index (χ4v) is 1.89. The average Bonchev–Trinajstić information content (AvgIpc) is 2.75. The first-order valence-corrected chi connectivity index (χ1v) is 6.46. The molecule has 0 saturated heterocycles. The van der Waals surface area contributed by atoms with Crippen LogP contribution < -0.4 is 5.32 Å². The Labute approximate surface area is 109 Å². The molecule has 0 bridgehead atoms. The summed E-state index contributed by atoms with van der Waals surface area (Å²) in [5.74, 6) is 0. The molecule has 1 aromatic rings. The van der Waals surface area contributed by atoms with Crippen molar-refractivity contribution < 1.29 is 0 Å². The van der Waals surface area contributed by atoms with Crippen LogP contribution in [0.1, 0.15) is 26.0 Å². The van der Waals surface area contributed by atoms with Gasteiger partial charge in [-0.15, -0.1) is 23.7 Å². The van der Waals surface area contributed by atoms with Gasteiger partial charge in [-0.2, -0.15) is 0 Å². The van der Waals surface area contributed by atoms with Gasteiger partial charge in [-0.1, -0.05) is 6.92 Å². The van der Waals surface area contributed by atoms with Gasteiger partial charge < -0.3 is 10.2 Å². The molecule has 1 atom stereocenters. The van der Waals surface area contributed by atoms with Crippen LogP contribution in [0.4, 0.5) is 0 Å². The summed E-state index contributed by atoms with van der Waals surface area (Å²) in [5.41, 5.74) is 3.02. The topological polar surface area (TPSA) is 28.2 Å². The quantitative estimate of drug-likeness (QED) is 0.766. The molecule has 0 radical (unpaired) electrons. The second kappa shape index (κ2) is 8.93. The molecule has 1 unspecified atom stereocenters. The molecular formula is C11H22ClN3S. The van der Waals surface area contributed by atoms with Crippen molar-refractivity contribution in [2.75, 3.05) is 20.1 Å². The smallest absolute Gasteiger partial charge is 0.0795 e. The molecule has 0 amide bonds. The van der Waals surface area contributed by atoms with Crippen molar-refractivity contribution in [2.24, 2.45) is 0 Å². The summed E-state index contributed by atoms with van der Waals surface area (Å²) in [6.07, 6.45) is 1.21. The van der Waals surface area contributed by atoms with Crippen LogP contribution in [0.15, 0.2) is 10.9 Å². The van der Waals surface area contributed by atoms with Gasteiger partial charge in [-0.25, -0.2) is 4.98 Å². The van der Waals surface area contributed by atoms with Crippen LogP contribution in [-0.2, 0) is 6.54 Å². The van der Waals surface area contributed by atoms with Gasteiger partial charge in [-0.3, -0.25) is 0 Å². The molecule has 0 aliphatic heterocycles. The number of hydrogen-bond acceptors (Lipinski definition) is 4. The zero-order chi connectivity index (χ0) is 11.1. The fraction of sp³-hybridized carbons (Fsp3) is 0.727. The van der Waals surface area contributed by atoms with E-state index in [1.165, 1.54) is 6.42 Å². The van der Waals surface area contributed by atoms with Gasteiger partial charge in [-0.05, 0) is 20.4 Å². The maximum atomic E-state index is 4.23. The number of thiazole rings is 1. The first-order chi connectivity index (χ1) is 7.24. The summed E-state index contributed by atoms with van der Waals surface area (Å²) in [6.45, 7) is 7.50. The van der Waals surface area contributed by atoms with Crippen LogP contribution in [0.3, 0.4) is 0 Å². The minimum atomic E-state index is 0. The molecule has 16 heavy (non-hydrogen) atoms. The average molecular weight is 264 g/mol. The lowest BCUT2D eigenvalue weighted by Crippen LogP contribution is -2.34. The number of halogens is 1. The second-order valence-electron chi connectivity index (χ2n) is 3.89. The van der Waals surface area contributed by atoms with E-state index in [2.05, 4.69) is 41.5 Å². The molecule has 0 saturated carbocycles. The van der Waals surface area contributed by atoms with E-state index >= 15 is 0 Å². The van der Waals surface area contributed by atoms with Crippen LogP contribution in [0.2, 0.25) is 0 Å². The van der Waals surface area contributed by atoms with Gasteiger partial charge in [0.25, 0.3) is 0 Å². The Morgan fingerprint density at radius 2 is 2.31 bits per heavy atom. The molecule has 5 heteroatoms. The van der Waals surface area contributed by atoms with E-state index in [-0.39, 0.29) is 12.4 Å². The molecule has 1 aromatic heterocycles. The first kappa shape index (κ1) is 15.8. The van der Waals surface area contributed by atoms with E-state index in [1.54, 1.807) is 11.3 Å². The largest absolute Gasteiger partial charge is 0.310 e. The van der Waals surface area contributed by atoms with Gasteiger partial charge in [0.2, 0.25) is 0 Å². The third-order valence-electron chi connectivity index (χ3n) is 2.77. The Balaban J connectivity index is 0.00000225. The Morgan fingerprint density at radius 3 is 2.88 bits per heavy atom. The van der Waals surface area contributed by atoms with Crippen molar-refractivity contribution in [3.8, 4) is 0 Å². The summed E-state index contributed by atoms with van der Waals surface area (Å²) >= 11 is 1.65. The summed E-state index contributed by atoms with van der Waals surface area (Å²) < 4.78 is 0. The Morgan fingerprint density at radius 1 is 1.56 bits per heavy atom. The Hall–Kier alpha value is -0.160. The standard InChI is InChI=1S/C11H21N3S.ClH/c1-4-10(2)14(3)6-5-12-7-11-8-15-9-13-11;/h8-10,12H,4-7H2,1-3H3;1H. The van der Waals surface area contributed by atoms with Crippen LogP contribution in [0.25, 0.3) is 0 Å². The molecule has 0 fully saturated rings. The van der Waals surface area contributed by atoms with E-state index in [1.807, 2.05) is 5.51 Å². The van der Waals surface area contributed by atoms with Gasteiger partial charge in [0.15, 0.2) is 0 Å². The van der Waals surface area contributed by atoms with E-state index in [0.717, 1.165) is 25.3 Å². The zero-order valence-corrected chi connectivity index (χ0v) is 11.9. The minimum absolute atomic E-state index is 0. The monoisotopic (exact) mass is 263 g/mol. The normalized spacial score (nSPS) is 12.5. The highest BCUT2D eigenvalue weighted by Gasteiger charge is 2.05. The summed E-state index contributed by atoms with van der Waals surface area (Å²) in [5, 5.41) is 5.49. The van der Waals surface area contributed by atoms with Crippen molar-refractivity contribution in [1.29, 1.82) is 0 Å². The fourth-order valence-electron chi connectivity index (χ4n) is 1.33. The van der Waals surface area contributed by atoms with E-state index < -0.39 is 0 Å². The van der Waals surface area contributed by atoms with Gasteiger partial charge in [0, 0.05) is 31.1 Å². The summed E-state index contributed by atoms with van der Waals surface area (Å²) in [7, 11) is 2.18. The summed E-state index contributed by atoms with van der Waals surface area (Å²) in [6, 6.07) is 0.672. The number of likely N-dealkylation sites (N-methyl/N-ethyl adjacent to an activating group) is 1. The number of nitrogens with zero attached hydrogens (tertiary/aromatic N) is 2. The van der Waals surface area contributed by atoms with Crippen LogP contribution >= 0.6 is 23.7 Å². The molecule has 1 N–H and O–H groups in total. The number of rotatable bonds is 7. The SMILES string of the molecule is CCC(C)N(C)CCNCc1cscn1.Cl. The van der Waals surface area contributed by atoms with Crippen molar-refractivity contribution >= 4 is 23.7 Å². The predicted octanol–water partition coefficient (Wildman–Crippen LogP) is 2.38. The molecule has 0 aromatic carbocycles. The molecule has 3 nitrogen and oxygen atoms in total. The van der Waals surface area contributed by atoms with Crippen LogP contribution in [0.5, 0.6) is 0 Å². The molecule has 0 aliphatic rings. The van der Waals surface area contributed by atoms with E-state index in [9.17, 15) is 0 Å². The first-order valence-electron chi connectivity index (χ1n) is 5.52. The highest BCUT2D eigenvalue weighted by molar-refractivity contribution is 7.07. The number of hydrogen-bond donors (Lipinski definition) is 1. The number of aromatic nitrogens is 1. The highest BCUT2D eigenvalue weighted by atomic mass is 35.5. The molecule has 94 valence electrons. The lowest BCUT2D eigenvalue weighted by molar-refractivity contribution is 0.251. The zero-order valence-electron chi connectivity index (χ0n) is 10.3. The maximum Gasteiger partial charge on any atom is 0.0795 e.